The minimum Gasteiger partial charge on any atom is -0.480 e. The number of nitrogens with zero attached hydrogens (tertiary/aromatic N) is 1. The van der Waals surface area contributed by atoms with E-state index in [0.29, 0.717) is 0 Å². The number of nitrogens with two attached hydrogens (primary N) is 3. The van der Waals surface area contributed by atoms with Gasteiger partial charge in [-0.1, -0.05) is 0 Å². The van der Waals surface area contributed by atoms with E-state index in [9.17, 15) is 4.79 Å². The Morgan fingerprint density at radius 1 is 1.64 bits per heavy atom. The van der Waals surface area contributed by atoms with E-state index in [1.165, 1.54) is 0 Å². The lowest BCUT2D eigenvalue weighted by Crippen LogP contribution is -2.34. The molecule has 0 aliphatic heterocycles. The smallest absolute Gasteiger partial charge is 0.324 e. The Morgan fingerprint density at radius 2 is 2.18 bits per heavy atom. The van der Waals surface area contributed by atoms with Gasteiger partial charge in [-0.05, 0) is 5.16 Å². The van der Waals surface area contributed by atoms with Gasteiger partial charge in [-0.25, -0.2) is 0 Å². The van der Waals surface area contributed by atoms with Gasteiger partial charge in [0.25, 0.3) is 0 Å². The Morgan fingerprint density at radius 3 is 2.55 bits per heavy atom. The number of guanidine groups is 1. The lowest BCUT2D eigenvalue weighted by Gasteiger charge is -2.03. The van der Waals surface area contributed by atoms with Crippen molar-refractivity contribution >= 4 is 11.9 Å². The molecule has 11 heavy (non-hydrogen) atoms. The second kappa shape index (κ2) is 4.34. The van der Waals surface area contributed by atoms with Crippen molar-refractivity contribution in [3.8, 4) is 0 Å². The number of oxime groups is 1. The van der Waals surface area contributed by atoms with Crippen LogP contribution in [0.4, 0.5) is 0 Å². The minimum absolute atomic E-state index is 0.257. The zero-order valence-corrected chi connectivity index (χ0v) is 5.73. The van der Waals surface area contributed by atoms with Gasteiger partial charge in [0.15, 0.2) is 0 Å². The predicted octanol–water partition coefficient (Wildman–Crippen LogP) is -2.40. The monoisotopic (exact) mass is 162 g/mol. The molecule has 0 aliphatic carbocycles. The summed E-state index contributed by atoms with van der Waals surface area (Å²) in [6, 6.07) is -1.11. The molecule has 0 saturated carbocycles. The van der Waals surface area contributed by atoms with Gasteiger partial charge in [-0.3, -0.25) is 4.79 Å². The summed E-state index contributed by atoms with van der Waals surface area (Å²) >= 11 is 0. The maximum Gasteiger partial charge on any atom is 0.324 e. The molecular weight excluding hydrogens is 152 g/mol. The third-order valence-electron chi connectivity index (χ3n) is 0.741. The summed E-state index contributed by atoms with van der Waals surface area (Å²) in [4.78, 5) is 14.4. The van der Waals surface area contributed by atoms with Gasteiger partial charge >= 0.3 is 5.97 Å². The van der Waals surface area contributed by atoms with Gasteiger partial charge < -0.3 is 27.1 Å². The van der Waals surface area contributed by atoms with Crippen LogP contribution >= 0.6 is 0 Å². The number of rotatable bonds is 4. The van der Waals surface area contributed by atoms with Crippen molar-refractivity contribution in [1.29, 1.82) is 0 Å². The molecule has 0 aromatic carbocycles. The highest BCUT2D eigenvalue weighted by molar-refractivity contribution is 5.75. The first-order valence-corrected chi connectivity index (χ1v) is 2.73. The molecule has 0 bridgehead atoms. The van der Waals surface area contributed by atoms with Crippen molar-refractivity contribution in [3.05, 3.63) is 0 Å². The lowest BCUT2D eigenvalue weighted by molar-refractivity contribution is -0.140. The van der Waals surface area contributed by atoms with Crippen LogP contribution in [0.25, 0.3) is 0 Å². The van der Waals surface area contributed by atoms with E-state index >= 15 is 0 Å². The van der Waals surface area contributed by atoms with Crippen molar-refractivity contribution < 1.29 is 14.7 Å². The van der Waals surface area contributed by atoms with E-state index in [0.717, 1.165) is 0 Å². The SMILES string of the molecule is NC(N)=NOCC(N)C(=O)O. The highest BCUT2D eigenvalue weighted by Gasteiger charge is 2.11. The average Bonchev–Trinajstić information content (AvgIpc) is 1.86. The van der Waals surface area contributed by atoms with Crippen LogP contribution < -0.4 is 17.2 Å². The van der Waals surface area contributed by atoms with Gasteiger partial charge in [-0.2, -0.15) is 0 Å². The summed E-state index contributed by atoms with van der Waals surface area (Å²) in [5, 5.41) is 11.3. The Kier molecular flexibility index (Phi) is 3.75. The second-order valence-electron chi connectivity index (χ2n) is 1.76. The Bertz CT molecular complexity index is 165. The number of carbonyl (C=O) groups is 1. The van der Waals surface area contributed by atoms with Crippen molar-refractivity contribution in [3.63, 3.8) is 0 Å². The fourth-order valence-electron chi connectivity index (χ4n) is 0.263. The van der Waals surface area contributed by atoms with E-state index in [4.69, 9.17) is 22.3 Å². The molecule has 0 heterocycles. The Balaban J connectivity index is 3.55. The van der Waals surface area contributed by atoms with Gasteiger partial charge in [0.2, 0.25) is 5.96 Å². The molecule has 0 fully saturated rings. The molecule has 0 aliphatic rings. The molecule has 0 aromatic heterocycles. The topological polar surface area (TPSA) is 137 Å². The van der Waals surface area contributed by atoms with Gasteiger partial charge in [-0.15, -0.1) is 0 Å². The van der Waals surface area contributed by atoms with Crippen molar-refractivity contribution in [1.82, 2.24) is 0 Å². The quantitative estimate of drug-likeness (QED) is 0.206. The summed E-state index contributed by atoms with van der Waals surface area (Å²) in [5.41, 5.74) is 14.8. The van der Waals surface area contributed by atoms with Gasteiger partial charge in [0.1, 0.15) is 12.6 Å². The first-order valence-electron chi connectivity index (χ1n) is 2.73. The summed E-state index contributed by atoms with van der Waals surface area (Å²) in [7, 11) is 0. The van der Waals surface area contributed by atoms with Crippen LogP contribution in [0.5, 0.6) is 0 Å². The molecule has 1 atom stereocenters. The molecule has 64 valence electrons. The zero-order valence-electron chi connectivity index (χ0n) is 5.73. The first-order chi connectivity index (χ1) is 5.04. The number of hydrogen-bond donors (Lipinski definition) is 4. The van der Waals surface area contributed by atoms with Crippen LogP contribution in [0.2, 0.25) is 0 Å². The molecule has 0 aromatic rings. The molecule has 7 heteroatoms. The Hall–Kier alpha value is -1.50. The molecule has 0 radical (unpaired) electrons. The van der Waals surface area contributed by atoms with Crippen LogP contribution in [0, 0.1) is 0 Å². The van der Waals surface area contributed by atoms with Crippen LogP contribution in [0.1, 0.15) is 0 Å². The fraction of sp³-hybridized carbons (Fsp3) is 0.500. The summed E-state index contributed by atoms with van der Waals surface area (Å²) in [5.74, 6) is -1.45. The van der Waals surface area contributed by atoms with E-state index in [1.54, 1.807) is 0 Å². The highest BCUT2D eigenvalue weighted by atomic mass is 16.6. The summed E-state index contributed by atoms with van der Waals surface area (Å²) in [6.07, 6.45) is 0. The number of hydrogen-bond acceptors (Lipinski definition) is 4. The van der Waals surface area contributed by atoms with Crippen LogP contribution in [0.15, 0.2) is 5.16 Å². The molecule has 0 rings (SSSR count). The number of aliphatic carboxylic acids is 1. The highest BCUT2D eigenvalue weighted by Crippen LogP contribution is 1.81. The summed E-state index contributed by atoms with van der Waals surface area (Å²) in [6.45, 7) is -0.257. The molecule has 0 amide bonds. The van der Waals surface area contributed by atoms with E-state index < -0.39 is 12.0 Å². The maximum absolute atomic E-state index is 10.1. The number of carboxylic acid groups (broad SMARTS) is 1. The molecule has 1 unspecified atom stereocenters. The lowest BCUT2D eigenvalue weighted by atomic mass is 10.3. The van der Waals surface area contributed by atoms with Crippen molar-refractivity contribution in [2.45, 2.75) is 6.04 Å². The van der Waals surface area contributed by atoms with Crippen LogP contribution in [0.3, 0.4) is 0 Å². The minimum atomic E-state index is -1.17. The van der Waals surface area contributed by atoms with Crippen molar-refractivity contribution in [2.24, 2.45) is 22.4 Å². The van der Waals surface area contributed by atoms with Crippen LogP contribution in [-0.4, -0.2) is 29.7 Å². The fourth-order valence-corrected chi connectivity index (χ4v) is 0.263. The molecule has 7 nitrogen and oxygen atoms in total. The second-order valence-corrected chi connectivity index (χ2v) is 1.76. The van der Waals surface area contributed by atoms with E-state index in [2.05, 4.69) is 9.99 Å². The van der Waals surface area contributed by atoms with Gasteiger partial charge in [0, 0.05) is 0 Å². The van der Waals surface area contributed by atoms with Gasteiger partial charge in [0.05, 0.1) is 0 Å². The van der Waals surface area contributed by atoms with E-state index in [-0.39, 0.29) is 12.6 Å². The molecule has 0 saturated heterocycles. The molecule has 0 spiro atoms. The third kappa shape index (κ3) is 4.97. The van der Waals surface area contributed by atoms with E-state index in [1.807, 2.05) is 0 Å². The maximum atomic E-state index is 10.1. The zero-order chi connectivity index (χ0) is 8.85. The average molecular weight is 162 g/mol. The van der Waals surface area contributed by atoms with Crippen molar-refractivity contribution in [2.75, 3.05) is 6.61 Å². The predicted molar refractivity (Wildman–Crippen MR) is 37.4 cm³/mol. The standard InChI is InChI=1S/C4H10N4O3/c5-2(3(9)10)1-11-8-4(6)7/h2H,1,5H2,(H,9,10)(H4,6,7,8). The third-order valence-corrected chi connectivity index (χ3v) is 0.741. The first kappa shape index (κ1) is 9.50. The van der Waals surface area contributed by atoms with Crippen LogP contribution in [-0.2, 0) is 9.63 Å². The molecule has 7 N–H and O–H groups in total. The largest absolute Gasteiger partial charge is 0.480 e. The molecular formula is C4H10N4O3. The summed E-state index contributed by atoms with van der Waals surface area (Å²) < 4.78 is 0. The Labute approximate surface area is 62.8 Å². The number of carboxylic acids is 1. The normalized spacial score (nSPS) is 11.7.